The van der Waals surface area contributed by atoms with E-state index in [-0.39, 0.29) is 12.6 Å². The first-order valence-electron chi connectivity index (χ1n) is 4.65. The molecule has 0 amide bonds. The van der Waals surface area contributed by atoms with Gasteiger partial charge in [-0.15, -0.1) is 0 Å². The molecule has 0 radical (unpaired) electrons. The topological polar surface area (TPSA) is 15.3 Å². The summed E-state index contributed by atoms with van der Waals surface area (Å²) in [5.74, 6) is 0. The van der Waals surface area contributed by atoms with Gasteiger partial charge in [0.05, 0.1) is 6.54 Å². The molecule has 0 aliphatic carbocycles. The summed E-state index contributed by atoms with van der Waals surface area (Å²) >= 11 is 0. The second-order valence-corrected chi connectivity index (χ2v) is 3.74. The third-order valence-corrected chi connectivity index (χ3v) is 2.00. The van der Waals surface area contributed by atoms with Gasteiger partial charge in [0.15, 0.2) is 0 Å². The fraction of sp³-hybridized carbons (Fsp3) is 1.00. The first kappa shape index (κ1) is 12.8. The van der Waals surface area contributed by atoms with Crippen molar-refractivity contribution in [2.45, 2.75) is 39.3 Å². The minimum atomic E-state index is -2.24. The van der Waals surface area contributed by atoms with E-state index >= 15 is 0 Å². The standard InChI is InChI=1S/C9H20F2N2/c1-7(2)12-5-8(3)13(4)6-9(10)11/h7-9,12H,5-6H2,1-4H3. The number of likely N-dealkylation sites (N-methyl/N-ethyl adjacent to an activating group) is 1. The molecule has 0 fully saturated rings. The van der Waals surface area contributed by atoms with E-state index in [2.05, 4.69) is 5.32 Å². The average molecular weight is 194 g/mol. The molecule has 4 heteroatoms. The van der Waals surface area contributed by atoms with Crippen molar-refractivity contribution >= 4 is 0 Å². The predicted molar refractivity (Wildman–Crippen MR) is 51.2 cm³/mol. The van der Waals surface area contributed by atoms with E-state index < -0.39 is 6.43 Å². The Morgan fingerprint density at radius 3 is 2.15 bits per heavy atom. The van der Waals surface area contributed by atoms with Crippen LogP contribution in [0.25, 0.3) is 0 Å². The molecule has 1 N–H and O–H groups in total. The summed E-state index contributed by atoms with van der Waals surface area (Å²) < 4.78 is 24.0. The third kappa shape index (κ3) is 6.90. The van der Waals surface area contributed by atoms with Crippen molar-refractivity contribution in [2.75, 3.05) is 20.1 Å². The van der Waals surface area contributed by atoms with Crippen molar-refractivity contribution in [1.29, 1.82) is 0 Å². The van der Waals surface area contributed by atoms with Crippen molar-refractivity contribution in [3.63, 3.8) is 0 Å². The molecule has 80 valence electrons. The maximum absolute atomic E-state index is 12.0. The summed E-state index contributed by atoms with van der Waals surface area (Å²) in [5.41, 5.74) is 0. The second kappa shape index (κ2) is 6.27. The van der Waals surface area contributed by atoms with Crippen LogP contribution in [0, 0.1) is 0 Å². The highest BCUT2D eigenvalue weighted by Crippen LogP contribution is 2.00. The lowest BCUT2D eigenvalue weighted by Crippen LogP contribution is -2.41. The lowest BCUT2D eigenvalue weighted by atomic mass is 10.2. The molecule has 0 aliphatic heterocycles. The van der Waals surface area contributed by atoms with Crippen LogP contribution in [0.1, 0.15) is 20.8 Å². The summed E-state index contributed by atoms with van der Waals surface area (Å²) in [5, 5.41) is 3.21. The lowest BCUT2D eigenvalue weighted by molar-refractivity contribution is 0.0837. The number of nitrogens with zero attached hydrogens (tertiary/aromatic N) is 1. The van der Waals surface area contributed by atoms with Gasteiger partial charge >= 0.3 is 0 Å². The quantitative estimate of drug-likeness (QED) is 0.690. The van der Waals surface area contributed by atoms with Gasteiger partial charge in [-0.1, -0.05) is 13.8 Å². The van der Waals surface area contributed by atoms with Crippen LogP contribution in [0.15, 0.2) is 0 Å². The van der Waals surface area contributed by atoms with Gasteiger partial charge < -0.3 is 5.32 Å². The van der Waals surface area contributed by atoms with Crippen LogP contribution in [0.5, 0.6) is 0 Å². The van der Waals surface area contributed by atoms with Crippen LogP contribution in [0.2, 0.25) is 0 Å². The number of hydrogen-bond donors (Lipinski definition) is 1. The van der Waals surface area contributed by atoms with E-state index in [1.807, 2.05) is 20.8 Å². The maximum Gasteiger partial charge on any atom is 0.251 e. The molecule has 0 saturated heterocycles. The predicted octanol–water partition coefficient (Wildman–Crippen LogP) is 1.57. The molecule has 13 heavy (non-hydrogen) atoms. The normalized spacial score (nSPS) is 14.5. The van der Waals surface area contributed by atoms with Gasteiger partial charge in [0.1, 0.15) is 0 Å². The smallest absolute Gasteiger partial charge is 0.251 e. The Balaban J connectivity index is 3.62. The van der Waals surface area contributed by atoms with Gasteiger partial charge in [0, 0.05) is 18.6 Å². The molecule has 0 rings (SSSR count). The van der Waals surface area contributed by atoms with Crippen LogP contribution >= 0.6 is 0 Å². The highest BCUT2D eigenvalue weighted by molar-refractivity contribution is 4.68. The Labute approximate surface area is 79.3 Å². The maximum atomic E-state index is 12.0. The van der Waals surface area contributed by atoms with Crippen LogP contribution in [0.4, 0.5) is 8.78 Å². The minimum Gasteiger partial charge on any atom is -0.313 e. The van der Waals surface area contributed by atoms with Crippen molar-refractivity contribution in [3.05, 3.63) is 0 Å². The van der Waals surface area contributed by atoms with Crippen LogP contribution in [-0.2, 0) is 0 Å². The summed E-state index contributed by atoms with van der Waals surface area (Å²) in [6.45, 7) is 6.62. The minimum absolute atomic E-state index is 0.149. The van der Waals surface area contributed by atoms with E-state index in [4.69, 9.17) is 0 Å². The Bertz CT molecular complexity index is 129. The van der Waals surface area contributed by atoms with E-state index in [0.717, 1.165) is 6.54 Å². The van der Waals surface area contributed by atoms with E-state index in [9.17, 15) is 8.78 Å². The van der Waals surface area contributed by atoms with Crippen LogP contribution in [0.3, 0.4) is 0 Å². The fourth-order valence-corrected chi connectivity index (χ4v) is 0.960. The first-order chi connectivity index (χ1) is 5.93. The molecule has 0 aromatic carbocycles. The number of nitrogens with one attached hydrogen (secondary N) is 1. The SMILES string of the molecule is CC(C)NCC(C)N(C)CC(F)F. The Morgan fingerprint density at radius 2 is 1.77 bits per heavy atom. The van der Waals surface area contributed by atoms with Gasteiger partial charge in [-0.2, -0.15) is 0 Å². The van der Waals surface area contributed by atoms with Gasteiger partial charge in [-0.3, -0.25) is 4.90 Å². The van der Waals surface area contributed by atoms with Crippen molar-refractivity contribution < 1.29 is 8.78 Å². The first-order valence-corrected chi connectivity index (χ1v) is 4.65. The largest absolute Gasteiger partial charge is 0.313 e. The zero-order valence-electron chi connectivity index (χ0n) is 8.85. The number of alkyl halides is 2. The summed E-state index contributed by atoms with van der Waals surface area (Å²) in [4.78, 5) is 1.67. The fourth-order valence-electron chi connectivity index (χ4n) is 0.960. The molecule has 0 aromatic rings. The molecule has 0 bridgehead atoms. The molecule has 0 heterocycles. The zero-order valence-corrected chi connectivity index (χ0v) is 8.85. The average Bonchev–Trinajstić information content (AvgIpc) is 1.98. The Hall–Kier alpha value is -0.220. The number of halogens is 2. The van der Waals surface area contributed by atoms with E-state index in [1.54, 1.807) is 11.9 Å². The molecule has 0 saturated carbocycles. The zero-order chi connectivity index (χ0) is 10.4. The highest BCUT2D eigenvalue weighted by Gasteiger charge is 2.13. The monoisotopic (exact) mass is 194 g/mol. The van der Waals surface area contributed by atoms with E-state index in [0.29, 0.717) is 6.04 Å². The van der Waals surface area contributed by atoms with E-state index in [1.165, 1.54) is 0 Å². The van der Waals surface area contributed by atoms with Gasteiger partial charge in [-0.25, -0.2) is 8.78 Å². The summed E-state index contributed by atoms with van der Waals surface area (Å²) in [6.07, 6.45) is -2.24. The molecule has 0 aliphatic rings. The molecule has 2 nitrogen and oxygen atoms in total. The van der Waals surface area contributed by atoms with Crippen molar-refractivity contribution in [3.8, 4) is 0 Å². The second-order valence-electron chi connectivity index (χ2n) is 3.74. The van der Waals surface area contributed by atoms with Crippen LogP contribution in [-0.4, -0.2) is 43.5 Å². The van der Waals surface area contributed by atoms with Gasteiger partial charge in [0.2, 0.25) is 0 Å². The third-order valence-electron chi connectivity index (χ3n) is 2.00. The Kier molecular flexibility index (Phi) is 6.16. The van der Waals surface area contributed by atoms with Gasteiger partial charge in [-0.05, 0) is 14.0 Å². The highest BCUT2D eigenvalue weighted by atomic mass is 19.3. The lowest BCUT2D eigenvalue weighted by Gasteiger charge is -2.25. The molecular weight excluding hydrogens is 174 g/mol. The molecule has 0 aromatic heterocycles. The molecular formula is C9H20F2N2. The number of rotatable bonds is 6. The summed E-state index contributed by atoms with van der Waals surface area (Å²) in [6, 6.07) is 0.554. The van der Waals surface area contributed by atoms with Crippen molar-refractivity contribution in [1.82, 2.24) is 10.2 Å². The van der Waals surface area contributed by atoms with Crippen LogP contribution < -0.4 is 5.32 Å². The molecule has 1 unspecified atom stereocenters. The molecule has 0 spiro atoms. The van der Waals surface area contributed by atoms with Crippen molar-refractivity contribution in [2.24, 2.45) is 0 Å². The summed E-state index contributed by atoms with van der Waals surface area (Å²) in [7, 11) is 1.72. The molecule has 1 atom stereocenters. The number of hydrogen-bond acceptors (Lipinski definition) is 2. The van der Waals surface area contributed by atoms with Gasteiger partial charge in [0.25, 0.3) is 6.43 Å². The Morgan fingerprint density at radius 1 is 1.23 bits per heavy atom.